The van der Waals surface area contributed by atoms with Crippen molar-refractivity contribution >= 4 is 5.91 Å². The van der Waals surface area contributed by atoms with Gasteiger partial charge in [0.2, 0.25) is 5.91 Å². The third kappa shape index (κ3) is 3.76. The number of H-pyrrole nitrogens is 1. The van der Waals surface area contributed by atoms with E-state index in [9.17, 15) is 14.4 Å². The largest absolute Gasteiger partial charge is 0.373 e. The fourth-order valence-electron chi connectivity index (χ4n) is 3.46. The molecule has 2 fully saturated rings. The van der Waals surface area contributed by atoms with Crippen LogP contribution in [0.2, 0.25) is 0 Å². The van der Waals surface area contributed by atoms with Gasteiger partial charge in [0.1, 0.15) is 0 Å². The Balaban J connectivity index is 1.57. The van der Waals surface area contributed by atoms with E-state index in [1.807, 2.05) is 0 Å². The van der Waals surface area contributed by atoms with Crippen molar-refractivity contribution in [3.05, 3.63) is 32.6 Å². The van der Waals surface area contributed by atoms with E-state index in [0.29, 0.717) is 38.4 Å². The molecule has 3 heterocycles. The summed E-state index contributed by atoms with van der Waals surface area (Å²) < 4.78 is 7.17. The highest BCUT2D eigenvalue weighted by atomic mass is 16.5. The summed E-state index contributed by atoms with van der Waals surface area (Å²) in [5, 5.41) is 2.84. The van der Waals surface area contributed by atoms with Crippen LogP contribution in [0.1, 0.15) is 25.0 Å². The Kier molecular flexibility index (Phi) is 4.86. The summed E-state index contributed by atoms with van der Waals surface area (Å²) in [6.45, 7) is 5.41. The highest BCUT2D eigenvalue weighted by Gasteiger charge is 2.38. The second-order valence-corrected chi connectivity index (χ2v) is 6.65. The summed E-state index contributed by atoms with van der Waals surface area (Å²) in [5.41, 5.74) is -0.411. The standard InChI is InChI=1S/C16H24N4O4/c1-12-10-14(22)20(15(23)18-12)8-7-19-5-2-16(3-6-19)11-13(21)17-4-9-24-16/h10H,2-9,11H2,1H3,(H,17,21)(H,18,23). The molecule has 1 amide bonds. The molecule has 0 aliphatic carbocycles. The first-order valence-corrected chi connectivity index (χ1v) is 8.41. The van der Waals surface area contributed by atoms with E-state index in [1.165, 1.54) is 10.6 Å². The lowest BCUT2D eigenvalue weighted by Crippen LogP contribution is -2.48. The number of carbonyl (C=O) groups is 1. The number of nitrogens with zero attached hydrogens (tertiary/aromatic N) is 2. The van der Waals surface area contributed by atoms with Crippen molar-refractivity contribution in [3.8, 4) is 0 Å². The maximum absolute atomic E-state index is 11.9. The van der Waals surface area contributed by atoms with Crippen LogP contribution in [0, 0.1) is 6.92 Å². The molecule has 1 aromatic heterocycles. The zero-order chi connectivity index (χ0) is 17.2. The number of aromatic nitrogens is 2. The van der Waals surface area contributed by atoms with Gasteiger partial charge < -0.3 is 19.9 Å². The van der Waals surface area contributed by atoms with Crippen LogP contribution < -0.4 is 16.6 Å². The van der Waals surface area contributed by atoms with Crippen LogP contribution in [-0.4, -0.2) is 58.7 Å². The van der Waals surface area contributed by atoms with E-state index in [4.69, 9.17) is 4.74 Å². The van der Waals surface area contributed by atoms with Crippen molar-refractivity contribution in [2.24, 2.45) is 0 Å². The van der Waals surface area contributed by atoms with Crippen molar-refractivity contribution in [1.29, 1.82) is 0 Å². The molecule has 0 bridgehead atoms. The lowest BCUT2D eigenvalue weighted by atomic mass is 9.87. The molecule has 0 radical (unpaired) electrons. The number of piperidine rings is 1. The first kappa shape index (κ1) is 16.9. The van der Waals surface area contributed by atoms with E-state index in [1.54, 1.807) is 6.92 Å². The van der Waals surface area contributed by atoms with Crippen molar-refractivity contribution in [2.45, 2.75) is 38.3 Å². The van der Waals surface area contributed by atoms with Gasteiger partial charge in [-0.3, -0.25) is 14.2 Å². The number of aryl methyl sites for hydroxylation is 1. The van der Waals surface area contributed by atoms with Crippen LogP contribution in [-0.2, 0) is 16.1 Å². The molecule has 2 aliphatic rings. The third-order valence-electron chi connectivity index (χ3n) is 4.88. The van der Waals surface area contributed by atoms with Crippen molar-refractivity contribution < 1.29 is 9.53 Å². The normalized spacial score (nSPS) is 21.5. The predicted molar refractivity (Wildman–Crippen MR) is 88.0 cm³/mol. The molecule has 24 heavy (non-hydrogen) atoms. The van der Waals surface area contributed by atoms with Gasteiger partial charge in [-0.2, -0.15) is 0 Å². The van der Waals surface area contributed by atoms with Crippen LogP contribution in [0.3, 0.4) is 0 Å². The second kappa shape index (κ2) is 6.90. The molecular weight excluding hydrogens is 312 g/mol. The summed E-state index contributed by atoms with van der Waals surface area (Å²) in [7, 11) is 0. The molecule has 8 nitrogen and oxygen atoms in total. The highest BCUT2D eigenvalue weighted by Crippen LogP contribution is 2.30. The molecule has 3 rings (SSSR count). The van der Waals surface area contributed by atoms with Crippen molar-refractivity contribution in [2.75, 3.05) is 32.8 Å². The number of carbonyl (C=O) groups excluding carboxylic acids is 1. The quantitative estimate of drug-likeness (QED) is 0.755. The Labute approximate surface area is 139 Å². The van der Waals surface area contributed by atoms with Crippen LogP contribution in [0.5, 0.6) is 0 Å². The first-order valence-electron chi connectivity index (χ1n) is 8.41. The fourth-order valence-corrected chi connectivity index (χ4v) is 3.46. The van der Waals surface area contributed by atoms with Gasteiger partial charge in [-0.15, -0.1) is 0 Å². The van der Waals surface area contributed by atoms with Crippen LogP contribution >= 0.6 is 0 Å². The SMILES string of the molecule is Cc1cc(=O)n(CCN2CCC3(CC2)CC(=O)NCCO3)c(=O)[nH]1. The Morgan fingerprint density at radius 3 is 2.67 bits per heavy atom. The number of rotatable bonds is 3. The molecule has 8 heteroatoms. The molecule has 2 N–H and O–H groups in total. The zero-order valence-electron chi connectivity index (χ0n) is 14.0. The molecule has 132 valence electrons. The van der Waals surface area contributed by atoms with E-state index >= 15 is 0 Å². The number of nitrogens with one attached hydrogen (secondary N) is 2. The molecule has 1 aromatic rings. The van der Waals surface area contributed by atoms with Crippen molar-refractivity contribution in [1.82, 2.24) is 19.8 Å². The second-order valence-electron chi connectivity index (χ2n) is 6.65. The molecule has 0 aromatic carbocycles. The van der Waals surface area contributed by atoms with Crippen LogP contribution in [0.15, 0.2) is 15.7 Å². The Hall–Kier alpha value is -1.93. The number of ether oxygens (including phenoxy) is 1. The Morgan fingerprint density at radius 2 is 1.96 bits per heavy atom. The van der Waals surface area contributed by atoms with Gasteiger partial charge in [-0.05, 0) is 19.8 Å². The monoisotopic (exact) mass is 336 g/mol. The first-order chi connectivity index (χ1) is 11.5. The van der Waals surface area contributed by atoms with Gasteiger partial charge in [0.15, 0.2) is 0 Å². The minimum atomic E-state index is -0.364. The van der Waals surface area contributed by atoms with E-state index in [0.717, 1.165) is 25.9 Å². The van der Waals surface area contributed by atoms with Gasteiger partial charge in [0.25, 0.3) is 5.56 Å². The van der Waals surface area contributed by atoms with Crippen LogP contribution in [0.25, 0.3) is 0 Å². The van der Waals surface area contributed by atoms with Gasteiger partial charge in [0.05, 0.1) is 18.6 Å². The highest BCUT2D eigenvalue weighted by molar-refractivity contribution is 5.77. The number of hydrogen-bond acceptors (Lipinski definition) is 5. The predicted octanol–water partition coefficient (Wildman–Crippen LogP) is -0.784. The number of aromatic amines is 1. The average molecular weight is 336 g/mol. The molecule has 0 atom stereocenters. The maximum Gasteiger partial charge on any atom is 0.328 e. The van der Waals surface area contributed by atoms with Gasteiger partial charge in [0, 0.05) is 44.5 Å². The smallest absolute Gasteiger partial charge is 0.328 e. The summed E-state index contributed by atoms with van der Waals surface area (Å²) in [5.74, 6) is 0.0543. The topological polar surface area (TPSA) is 96.4 Å². The average Bonchev–Trinajstić information content (AvgIpc) is 2.70. The molecule has 2 aliphatic heterocycles. The minimum Gasteiger partial charge on any atom is -0.373 e. The zero-order valence-corrected chi connectivity index (χ0v) is 14.0. The third-order valence-corrected chi connectivity index (χ3v) is 4.88. The number of likely N-dealkylation sites (tertiary alicyclic amines) is 1. The Morgan fingerprint density at radius 1 is 1.21 bits per heavy atom. The lowest BCUT2D eigenvalue weighted by Gasteiger charge is -2.40. The molecule has 0 unspecified atom stereocenters. The molecule has 2 saturated heterocycles. The lowest BCUT2D eigenvalue weighted by molar-refractivity contribution is -0.128. The number of hydrogen-bond donors (Lipinski definition) is 2. The number of amides is 1. The van der Waals surface area contributed by atoms with Gasteiger partial charge >= 0.3 is 5.69 Å². The van der Waals surface area contributed by atoms with E-state index < -0.39 is 0 Å². The summed E-state index contributed by atoms with van der Waals surface area (Å²) >= 11 is 0. The van der Waals surface area contributed by atoms with Gasteiger partial charge in [-0.25, -0.2) is 4.79 Å². The van der Waals surface area contributed by atoms with E-state index in [-0.39, 0.29) is 22.8 Å². The summed E-state index contributed by atoms with van der Waals surface area (Å²) in [4.78, 5) is 40.4. The molecular formula is C16H24N4O4. The van der Waals surface area contributed by atoms with Crippen LogP contribution in [0.4, 0.5) is 0 Å². The van der Waals surface area contributed by atoms with Crippen molar-refractivity contribution in [3.63, 3.8) is 0 Å². The van der Waals surface area contributed by atoms with Gasteiger partial charge in [-0.1, -0.05) is 0 Å². The summed E-state index contributed by atoms with van der Waals surface area (Å²) in [6, 6.07) is 1.44. The molecule has 0 saturated carbocycles. The maximum atomic E-state index is 11.9. The van der Waals surface area contributed by atoms with E-state index in [2.05, 4.69) is 15.2 Å². The molecule has 1 spiro atoms. The summed E-state index contributed by atoms with van der Waals surface area (Å²) in [6.07, 6.45) is 2.00. The fraction of sp³-hybridized carbons (Fsp3) is 0.688. The minimum absolute atomic E-state index is 0.0543. The Bertz CT molecular complexity index is 684.